The van der Waals surface area contributed by atoms with Crippen LogP contribution in [0.15, 0.2) is 57.8 Å². The lowest BCUT2D eigenvalue weighted by Gasteiger charge is -2.02. The molecule has 0 atom stereocenters. The number of aryl methyl sites for hydroxylation is 1. The zero-order valence-corrected chi connectivity index (χ0v) is 11.7. The van der Waals surface area contributed by atoms with Crippen molar-refractivity contribution in [1.82, 2.24) is 4.98 Å². The van der Waals surface area contributed by atoms with Gasteiger partial charge in [-0.3, -0.25) is 0 Å². The van der Waals surface area contributed by atoms with Crippen LogP contribution in [0, 0.1) is 6.92 Å². The highest BCUT2D eigenvalue weighted by Crippen LogP contribution is 2.20. The number of oxazole rings is 1. The first kappa shape index (κ1) is 12.9. The lowest BCUT2D eigenvalue weighted by atomic mass is 10.2. The van der Waals surface area contributed by atoms with Gasteiger partial charge in [0.2, 0.25) is 5.89 Å². The van der Waals surface area contributed by atoms with Crippen LogP contribution >= 0.6 is 0 Å². The molecule has 3 rings (SSSR count). The van der Waals surface area contributed by atoms with E-state index in [2.05, 4.69) is 4.98 Å². The summed E-state index contributed by atoms with van der Waals surface area (Å²) in [6.07, 6.45) is 0. The third-order valence-corrected chi connectivity index (χ3v) is 4.60. The topological polar surface area (TPSA) is 60.2 Å². The Balaban J connectivity index is 1.97. The number of nitrogens with zero attached hydrogens (tertiary/aromatic N) is 1. The average Bonchev–Trinajstić information content (AvgIpc) is 2.80. The number of aromatic nitrogens is 1. The van der Waals surface area contributed by atoms with Crippen molar-refractivity contribution >= 4 is 20.9 Å². The third-order valence-electron chi connectivity index (χ3n) is 3.00. The van der Waals surface area contributed by atoms with Crippen molar-refractivity contribution in [3.63, 3.8) is 0 Å². The monoisotopic (exact) mass is 287 g/mol. The van der Waals surface area contributed by atoms with E-state index in [9.17, 15) is 8.42 Å². The van der Waals surface area contributed by atoms with Crippen molar-refractivity contribution in [2.75, 3.05) is 0 Å². The quantitative estimate of drug-likeness (QED) is 0.742. The van der Waals surface area contributed by atoms with E-state index in [4.69, 9.17) is 4.42 Å². The van der Waals surface area contributed by atoms with E-state index in [0.717, 1.165) is 5.56 Å². The molecule has 0 aliphatic carbocycles. The first-order valence-electron chi connectivity index (χ1n) is 6.18. The van der Waals surface area contributed by atoms with Gasteiger partial charge in [0.1, 0.15) is 11.3 Å². The van der Waals surface area contributed by atoms with Gasteiger partial charge in [0.15, 0.2) is 15.4 Å². The Morgan fingerprint density at radius 3 is 2.65 bits per heavy atom. The van der Waals surface area contributed by atoms with Crippen LogP contribution in [0.1, 0.15) is 11.5 Å². The summed E-state index contributed by atoms with van der Waals surface area (Å²) in [5, 5.41) is 0. The molecule has 1 heterocycles. The molecule has 0 saturated carbocycles. The summed E-state index contributed by atoms with van der Waals surface area (Å²) in [5.41, 5.74) is 2.17. The molecule has 0 amide bonds. The van der Waals surface area contributed by atoms with Gasteiger partial charge in [-0.1, -0.05) is 24.3 Å². The summed E-state index contributed by atoms with van der Waals surface area (Å²) in [4.78, 5) is 4.49. The third kappa shape index (κ3) is 2.44. The van der Waals surface area contributed by atoms with Gasteiger partial charge in [-0.15, -0.1) is 0 Å². The van der Waals surface area contributed by atoms with Crippen molar-refractivity contribution in [2.24, 2.45) is 0 Å². The highest BCUT2D eigenvalue weighted by Gasteiger charge is 2.19. The second-order valence-corrected chi connectivity index (χ2v) is 6.64. The number of para-hydroxylation sites is 2. The van der Waals surface area contributed by atoms with Crippen molar-refractivity contribution in [3.05, 3.63) is 60.0 Å². The zero-order chi connectivity index (χ0) is 14.2. The van der Waals surface area contributed by atoms with Gasteiger partial charge in [0, 0.05) is 0 Å². The molecule has 0 bridgehead atoms. The lowest BCUT2D eigenvalue weighted by molar-refractivity contribution is 0.540. The molecule has 1 aromatic heterocycles. The molecule has 0 aliphatic rings. The van der Waals surface area contributed by atoms with E-state index in [0.29, 0.717) is 16.0 Å². The van der Waals surface area contributed by atoms with Gasteiger partial charge in [-0.05, 0) is 36.8 Å². The van der Waals surface area contributed by atoms with Crippen LogP contribution in [0.3, 0.4) is 0 Å². The average molecular weight is 287 g/mol. The molecule has 0 fully saturated rings. The highest BCUT2D eigenvalue weighted by molar-refractivity contribution is 7.90. The number of sulfone groups is 1. The first-order chi connectivity index (χ1) is 9.54. The molecule has 102 valence electrons. The molecule has 3 aromatic rings. The number of hydrogen-bond donors (Lipinski definition) is 0. The fraction of sp³-hybridized carbons (Fsp3) is 0.133. The van der Waals surface area contributed by atoms with Crippen LogP contribution in [0.5, 0.6) is 0 Å². The summed E-state index contributed by atoms with van der Waals surface area (Å²) in [5.74, 6) is -0.0155. The molecular weight excluding hydrogens is 274 g/mol. The van der Waals surface area contributed by atoms with Gasteiger partial charge < -0.3 is 4.42 Å². The molecule has 5 heteroatoms. The molecule has 20 heavy (non-hydrogen) atoms. The minimum Gasteiger partial charge on any atom is -0.440 e. The highest BCUT2D eigenvalue weighted by atomic mass is 32.2. The van der Waals surface area contributed by atoms with Crippen molar-refractivity contribution in [3.8, 4) is 0 Å². The first-order valence-corrected chi connectivity index (χ1v) is 7.84. The van der Waals surface area contributed by atoms with E-state index in [1.807, 2.05) is 25.1 Å². The molecular formula is C15H13NO3S. The Morgan fingerprint density at radius 2 is 1.90 bits per heavy atom. The molecule has 0 radical (unpaired) electrons. The standard InChI is InChI=1S/C15H13NO3S/c1-11-5-4-6-12(9-11)20(17,18)10-15-16-13-7-2-3-8-14(13)19-15/h2-9H,10H2,1H3. The van der Waals surface area contributed by atoms with Crippen LogP contribution in [-0.4, -0.2) is 13.4 Å². The minimum absolute atomic E-state index is 0.215. The van der Waals surface area contributed by atoms with E-state index < -0.39 is 9.84 Å². The van der Waals surface area contributed by atoms with Gasteiger partial charge in [-0.25, -0.2) is 13.4 Å². The Hall–Kier alpha value is -2.14. The van der Waals surface area contributed by atoms with E-state index in [-0.39, 0.29) is 11.6 Å². The predicted octanol–water partition coefficient (Wildman–Crippen LogP) is 3.11. The molecule has 0 spiro atoms. The Kier molecular flexibility index (Phi) is 3.06. The maximum atomic E-state index is 12.3. The van der Waals surface area contributed by atoms with E-state index >= 15 is 0 Å². The molecule has 0 aliphatic heterocycles. The normalized spacial score (nSPS) is 11.8. The van der Waals surface area contributed by atoms with Crippen molar-refractivity contribution in [1.29, 1.82) is 0 Å². The van der Waals surface area contributed by atoms with Crippen LogP contribution in [0.2, 0.25) is 0 Å². The number of hydrogen-bond acceptors (Lipinski definition) is 4. The molecule has 0 unspecified atom stereocenters. The summed E-state index contributed by atoms with van der Waals surface area (Å²) < 4.78 is 30.1. The number of rotatable bonds is 3. The summed E-state index contributed by atoms with van der Waals surface area (Å²) in [7, 11) is -3.44. The summed E-state index contributed by atoms with van der Waals surface area (Å²) in [6.45, 7) is 1.86. The fourth-order valence-electron chi connectivity index (χ4n) is 2.04. The predicted molar refractivity (Wildman–Crippen MR) is 76.1 cm³/mol. The van der Waals surface area contributed by atoms with Gasteiger partial charge >= 0.3 is 0 Å². The van der Waals surface area contributed by atoms with Crippen molar-refractivity contribution < 1.29 is 12.8 Å². The van der Waals surface area contributed by atoms with Crippen LogP contribution in [0.25, 0.3) is 11.1 Å². The Bertz CT molecular complexity index is 832. The molecule has 4 nitrogen and oxygen atoms in total. The lowest BCUT2D eigenvalue weighted by Crippen LogP contribution is -2.05. The summed E-state index contributed by atoms with van der Waals surface area (Å²) >= 11 is 0. The van der Waals surface area contributed by atoms with Crippen LogP contribution < -0.4 is 0 Å². The SMILES string of the molecule is Cc1cccc(S(=O)(=O)Cc2nc3ccccc3o2)c1. The summed E-state index contributed by atoms with van der Waals surface area (Å²) in [6, 6.07) is 14.1. The minimum atomic E-state index is -3.44. The second kappa shape index (κ2) is 4.76. The molecule has 0 N–H and O–H groups in total. The second-order valence-electron chi connectivity index (χ2n) is 4.65. The van der Waals surface area contributed by atoms with Crippen LogP contribution in [0.4, 0.5) is 0 Å². The Morgan fingerprint density at radius 1 is 1.10 bits per heavy atom. The van der Waals surface area contributed by atoms with Gasteiger partial charge in [0.25, 0.3) is 0 Å². The van der Waals surface area contributed by atoms with Gasteiger partial charge in [-0.2, -0.15) is 0 Å². The van der Waals surface area contributed by atoms with Crippen molar-refractivity contribution in [2.45, 2.75) is 17.6 Å². The largest absolute Gasteiger partial charge is 0.440 e. The van der Waals surface area contributed by atoms with Gasteiger partial charge in [0.05, 0.1) is 4.90 Å². The smallest absolute Gasteiger partial charge is 0.211 e. The maximum absolute atomic E-state index is 12.3. The van der Waals surface area contributed by atoms with E-state index in [1.165, 1.54) is 0 Å². The number of benzene rings is 2. The maximum Gasteiger partial charge on any atom is 0.211 e. The number of fused-ring (bicyclic) bond motifs is 1. The van der Waals surface area contributed by atoms with Crippen LogP contribution in [-0.2, 0) is 15.6 Å². The fourth-order valence-corrected chi connectivity index (χ4v) is 3.30. The zero-order valence-electron chi connectivity index (χ0n) is 10.9. The Labute approximate surface area is 117 Å². The molecule has 0 saturated heterocycles. The van der Waals surface area contributed by atoms with E-state index in [1.54, 1.807) is 30.3 Å². The molecule has 2 aromatic carbocycles.